The van der Waals surface area contributed by atoms with Crippen LogP contribution >= 0.6 is 0 Å². The number of aliphatic hydroxyl groups is 1. The Morgan fingerprint density at radius 2 is 2.12 bits per heavy atom. The Bertz CT molecular complexity index is 380. The minimum Gasteiger partial charge on any atom is -0.466 e. The van der Waals surface area contributed by atoms with Crippen molar-refractivity contribution < 1.29 is 19.0 Å². The Labute approximate surface area is 95.2 Å². The van der Waals surface area contributed by atoms with Crippen molar-refractivity contribution >= 4 is 0 Å². The number of aryl methyl sites for hydroxylation is 1. The summed E-state index contributed by atoms with van der Waals surface area (Å²) in [7, 11) is 0. The van der Waals surface area contributed by atoms with Crippen LogP contribution < -0.4 is 0 Å². The van der Waals surface area contributed by atoms with Gasteiger partial charge in [0.05, 0.1) is 12.9 Å². The van der Waals surface area contributed by atoms with Gasteiger partial charge < -0.3 is 19.0 Å². The second-order valence-electron chi connectivity index (χ2n) is 4.72. The molecule has 2 rings (SSSR count). The minimum atomic E-state index is -0.768. The van der Waals surface area contributed by atoms with Crippen LogP contribution in [-0.2, 0) is 9.47 Å². The van der Waals surface area contributed by atoms with Gasteiger partial charge >= 0.3 is 0 Å². The van der Waals surface area contributed by atoms with Crippen molar-refractivity contribution in [3.05, 3.63) is 23.2 Å². The zero-order valence-electron chi connectivity index (χ0n) is 10.1. The fraction of sp³-hybridized carbons (Fsp3) is 0.667. The fourth-order valence-electron chi connectivity index (χ4n) is 1.85. The van der Waals surface area contributed by atoms with Gasteiger partial charge in [-0.15, -0.1) is 0 Å². The van der Waals surface area contributed by atoms with E-state index in [4.69, 9.17) is 13.9 Å². The van der Waals surface area contributed by atoms with Crippen LogP contribution in [0.25, 0.3) is 0 Å². The molecule has 0 spiro atoms. The highest BCUT2D eigenvalue weighted by molar-refractivity contribution is 5.27. The normalized spacial score (nSPS) is 25.9. The summed E-state index contributed by atoms with van der Waals surface area (Å²) in [6.07, 6.45) is 0.518. The van der Waals surface area contributed by atoms with Crippen molar-refractivity contribution in [2.24, 2.45) is 0 Å². The van der Waals surface area contributed by atoms with E-state index in [0.717, 1.165) is 11.1 Å². The van der Waals surface area contributed by atoms with E-state index in [1.54, 1.807) is 6.26 Å². The average molecular weight is 226 g/mol. The third-order valence-corrected chi connectivity index (χ3v) is 2.97. The summed E-state index contributed by atoms with van der Waals surface area (Å²) >= 11 is 0. The zero-order valence-corrected chi connectivity index (χ0v) is 10.1. The molecule has 4 nitrogen and oxygen atoms in total. The third kappa shape index (κ3) is 2.00. The molecule has 2 atom stereocenters. The Hall–Kier alpha value is -0.840. The van der Waals surface area contributed by atoms with Gasteiger partial charge in [-0.1, -0.05) is 0 Å². The van der Waals surface area contributed by atoms with Gasteiger partial charge in [-0.05, 0) is 38.8 Å². The Kier molecular flexibility index (Phi) is 2.82. The molecule has 1 aliphatic rings. The number of rotatable bonds is 2. The van der Waals surface area contributed by atoms with Crippen molar-refractivity contribution in [2.75, 3.05) is 6.61 Å². The Balaban J connectivity index is 2.14. The highest BCUT2D eigenvalue weighted by atomic mass is 16.7. The zero-order chi connectivity index (χ0) is 11.9. The standard InChI is InChI=1S/C12H18O4/c1-7-5-14-11(8(7)2)10(13)9-6-15-12(3,4)16-9/h5,9-10,13H,6H2,1-4H3/t9-,10-/m0/s1. The summed E-state index contributed by atoms with van der Waals surface area (Å²) < 4.78 is 16.4. The summed E-state index contributed by atoms with van der Waals surface area (Å²) in [4.78, 5) is 0. The van der Waals surface area contributed by atoms with Crippen LogP contribution in [0.4, 0.5) is 0 Å². The molecule has 0 aliphatic carbocycles. The summed E-state index contributed by atoms with van der Waals surface area (Å²) in [5, 5.41) is 10.1. The predicted molar refractivity (Wildman–Crippen MR) is 58.0 cm³/mol. The quantitative estimate of drug-likeness (QED) is 0.838. The van der Waals surface area contributed by atoms with E-state index in [1.807, 2.05) is 27.7 Å². The molecule has 1 fully saturated rings. The van der Waals surface area contributed by atoms with Crippen molar-refractivity contribution in [3.8, 4) is 0 Å². The Morgan fingerprint density at radius 1 is 1.44 bits per heavy atom. The highest BCUT2D eigenvalue weighted by Crippen LogP contribution is 2.33. The molecule has 0 saturated carbocycles. The molecule has 0 amide bonds. The van der Waals surface area contributed by atoms with E-state index >= 15 is 0 Å². The van der Waals surface area contributed by atoms with Crippen molar-refractivity contribution in [1.82, 2.24) is 0 Å². The number of furan rings is 1. The van der Waals surface area contributed by atoms with Crippen LogP contribution in [0, 0.1) is 13.8 Å². The molecule has 1 N–H and O–H groups in total. The molecule has 1 aromatic rings. The maximum absolute atomic E-state index is 10.1. The van der Waals surface area contributed by atoms with Crippen LogP contribution in [0.3, 0.4) is 0 Å². The van der Waals surface area contributed by atoms with E-state index in [2.05, 4.69) is 0 Å². The molecule has 1 aromatic heterocycles. The van der Waals surface area contributed by atoms with E-state index in [-0.39, 0.29) is 6.10 Å². The lowest BCUT2D eigenvalue weighted by molar-refractivity contribution is -0.152. The van der Waals surface area contributed by atoms with Gasteiger partial charge in [-0.25, -0.2) is 0 Å². The molecular formula is C12H18O4. The largest absolute Gasteiger partial charge is 0.466 e. The summed E-state index contributed by atoms with van der Waals surface area (Å²) in [5.74, 6) is -0.0509. The predicted octanol–water partition coefficient (Wildman–Crippen LogP) is 2.08. The van der Waals surface area contributed by atoms with Crippen LogP contribution in [0.15, 0.2) is 10.7 Å². The molecular weight excluding hydrogens is 208 g/mol. The number of hydrogen-bond donors (Lipinski definition) is 1. The van der Waals surface area contributed by atoms with E-state index < -0.39 is 11.9 Å². The first kappa shape index (κ1) is 11.6. The molecule has 0 unspecified atom stereocenters. The summed E-state index contributed by atoms with van der Waals surface area (Å²) in [5.41, 5.74) is 2.01. The fourth-order valence-corrected chi connectivity index (χ4v) is 1.85. The van der Waals surface area contributed by atoms with Gasteiger partial charge in [0.25, 0.3) is 0 Å². The molecule has 1 aliphatic heterocycles. The summed E-state index contributed by atoms with van der Waals surface area (Å²) in [6, 6.07) is 0. The van der Waals surface area contributed by atoms with Gasteiger partial charge in [0.1, 0.15) is 18.0 Å². The lowest BCUT2D eigenvalue weighted by atomic mass is 10.1. The molecule has 16 heavy (non-hydrogen) atoms. The Morgan fingerprint density at radius 3 is 2.56 bits per heavy atom. The van der Waals surface area contributed by atoms with Crippen LogP contribution in [0.2, 0.25) is 0 Å². The molecule has 0 bridgehead atoms. The van der Waals surface area contributed by atoms with Crippen molar-refractivity contribution in [2.45, 2.75) is 45.7 Å². The third-order valence-electron chi connectivity index (χ3n) is 2.97. The molecule has 0 radical (unpaired) electrons. The average Bonchev–Trinajstić information content (AvgIpc) is 2.71. The molecule has 0 aromatic carbocycles. The van der Waals surface area contributed by atoms with Crippen LogP contribution in [0.5, 0.6) is 0 Å². The summed E-state index contributed by atoms with van der Waals surface area (Å²) in [6.45, 7) is 7.93. The monoisotopic (exact) mass is 226 g/mol. The van der Waals surface area contributed by atoms with E-state index in [9.17, 15) is 5.11 Å². The highest BCUT2D eigenvalue weighted by Gasteiger charge is 2.39. The SMILES string of the molecule is Cc1coc([C@@H](O)[C@@H]2COC(C)(C)O2)c1C. The van der Waals surface area contributed by atoms with Gasteiger partial charge in [-0.3, -0.25) is 0 Å². The van der Waals surface area contributed by atoms with Crippen LogP contribution in [-0.4, -0.2) is 23.6 Å². The second kappa shape index (κ2) is 3.87. The second-order valence-corrected chi connectivity index (χ2v) is 4.72. The molecule has 90 valence electrons. The number of ether oxygens (including phenoxy) is 2. The first-order chi connectivity index (χ1) is 7.41. The maximum atomic E-state index is 10.1. The first-order valence-corrected chi connectivity index (χ1v) is 5.45. The van der Waals surface area contributed by atoms with Gasteiger partial charge in [-0.2, -0.15) is 0 Å². The smallest absolute Gasteiger partial charge is 0.163 e. The topological polar surface area (TPSA) is 51.8 Å². The molecule has 4 heteroatoms. The van der Waals surface area contributed by atoms with E-state index in [0.29, 0.717) is 12.4 Å². The number of aliphatic hydroxyl groups excluding tert-OH is 1. The van der Waals surface area contributed by atoms with Gasteiger partial charge in [0.15, 0.2) is 5.79 Å². The first-order valence-electron chi connectivity index (χ1n) is 5.45. The molecule has 2 heterocycles. The lowest BCUT2D eigenvalue weighted by Crippen LogP contribution is -2.25. The van der Waals surface area contributed by atoms with Crippen molar-refractivity contribution in [3.63, 3.8) is 0 Å². The number of hydrogen-bond acceptors (Lipinski definition) is 4. The van der Waals surface area contributed by atoms with Crippen molar-refractivity contribution in [1.29, 1.82) is 0 Å². The van der Waals surface area contributed by atoms with Gasteiger partial charge in [0.2, 0.25) is 0 Å². The molecule has 1 saturated heterocycles. The van der Waals surface area contributed by atoms with E-state index in [1.165, 1.54) is 0 Å². The van der Waals surface area contributed by atoms with Crippen LogP contribution in [0.1, 0.15) is 36.8 Å². The maximum Gasteiger partial charge on any atom is 0.163 e. The lowest BCUT2D eigenvalue weighted by Gasteiger charge is -2.19. The minimum absolute atomic E-state index is 0.362. The van der Waals surface area contributed by atoms with Gasteiger partial charge in [0, 0.05) is 0 Å².